The van der Waals surface area contributed by atoms with Crippen LogP contribution in [-0.4, -0.2) is 35.5 Å². The molecule has 0 atom stereocenters. The summed E-state index contributed by atoms with van der Waals surface area (Å²) in [6.07, 6.45) is 0. The minimum absolute atomic E-state index is 0. The summed E-state index contributed by atoms with van der Waals surface area (Å²) in [5, 5.41) is 4.44. The van der Waals surface area contributed by atoms with Crippen molar-refractivity contribution in [3.05, 3.63) is 59.7 Å². The first-order valence-corrected chi connectivity index (χ1v) is 8.90. The summed E-state index contributed by atoms with van der Waals surface area (Å²) < 4.78 is 9.60. The van der Waals surface area contributed by atoms with Gasteiger partial charge in [0.2, 0.25) is 0 Å². The number of hydrogen-bond acceptors (Lipinski definition) is 8. The Morgan fingerprint density at radius 2 is 1.24 bits per heavy atom. The van der Waals surface area contributed by atoms with Crippen molar-refractivity contribution < 1.29 is 38.5 Å². The SMILES string of the molecule is CCOC(=O)c1c[c-]c(N=C=S)cc1.CCOC(=O)c1c[c-]c(N=C=S)cc1.[Zn+2]. The standard InChI is InChI=1S/2C10H8NO2S.Zn/c2*1-2-13-10(12)8-3-5-9(6-4-8)11-7-14;/h2*3-5H,2H2,1H3;/q2*-1;+2. The quantitative estimate of drug-likeness (QED) is 0.196. The molecular formula is C20H16N2O4S2Zn. The van der Waals surface area contributed by atoms with E-state index in [2.05, 4.69) is 56.9 Å². The van der Waals surface area contributed by atoms with E-state index in [9.17, 15) is 9.59 Å². The van der Waals surface area contributed by atoms with E-state index < -0.39 is 0 Å². The maximum atomic E-state index is 11.2. The molecule has 0 N–H and O–H groups in total. The topological polar surface area (TPSA) is 77.3 Å². The van der Waals surface area contributed by atoms with Crippen molar-refractivity contribution >= 4 is 58.1 Å². The van der Waals surface area contributed by atoms with Gasteiger partial charge in [0.1, 0.15) is 0 Å². The van der Waals surface area contributed by atoms with Gasteiger partial charge >= 0.3 is 19.5 Å². The molecule has 0 spiro atoms. The van der Waals surface area contributed by atoms with Crippen LogP contribution < -0.4 is 0 Å². The predicted molar refractivity (Wildman–Crippen MR) is 112 cm³/mol. The van der Waals surface area contributed by atoms with Crippen LogP contribution in [-0.2, 0) is 29.0 Å². The van der Waals surface area contributed by atoms with Crippen molar-refractivity contribution in [1.29, 1.82) is 0 Å². The average Bonchev–Trinajstić information content (AvgIpc) is 2.70. The van der Waals surface area contributed by atoms with Gasteiger partial charge in [-0.3, -0.25) is 9.59 Å². The molecule has 0 aliphatic heterocycles. The first-order valence-electron chi connectivity index (χ1n) is 8.09. The summed E-state index contributed by atoms with van der Waals surface area (Å²) in [7, 11) is 0. The summed E-state index contributed by atoms with van der Waals surface area (Å²) in [5.41, 5.74) is 2.01. The van der Waals surface area contributed by atoms with E-state index in [1.54, 1.807) is 38.1 Å². The molecular weight excluding hydrogens is 462 g/mol. The van der Waals surface area contributed by atoms with Crippen LogP contribution in [0.2, 0.25) is 0 Å². The van der Waals surface area contributed by atoms with Crippen LogP contribution in [0.5, 0.6) is 0 Å². The van der Waals surface area contributed by atoms with Gasteiger partial charge in [-0.25, -0.2) is 9.98 Å². The van der Waals surface area contributed by atoms with E-state index in [1.165, 1.54) is 12.1 Å². The fourth-order valence-electron chi connectivity index (χ4n) is 1.75. The molecule has 0 aromatic heterocycles. The second kappa shape index (κ2) is 15.5. The summed E-state index contributed by atoms with van der Waals surface area (Å²) in [6, 6.07) is 15.1. The van der Waals surface area contributed by atoms with E-state index in [4.69, 9.17) is 9.47 Å². The Kier molecular flexibility index (Phi) is 14.2. The van der Waals surface area contributed by atoms with Gasteiger partial charge in [-0.05, 0) is 49.7 Å². The van der Waals surface area contributed by atoms with E-state index in [-0.39, 0.29) is 31.4 Å². The van der Waals surface area contributed by atoms with Gasteiger partial charge in [0.15, 0.2) is 0 Å². The monoisotopic (exact) mass is 476 g/mol. The molecule has 2 aromatic carbocycles. The van der Waals surface area contributed by atoms with Crippen LogP contribution in [0.15, 0.2) is 46.4 Å². The van der Waals surface area contributed by atoms with Crippen molar-refractivity contribution in [3.63, 3.8) is 0 Å². The molecule has 0 unspecified atom stereocenters. The predicted octanol–water partition coefficient (Wildman–Crippen LogP) is 4.79. The first-order chi connectivity index (χ1) is 13.5. The molecule has 0 radical (unpaired) electrons. The molecule has 0 heterocycles. The van der Waals surface area contributed by atoms with Crippen LogP contribution >= 0.6 is 24.4 Å². The van der Waals surface area contributed by atoms with Crippen LogP contribution in [0.25, 0.3) is 0 Å². The third-order valence-corrected chi connectivity index (χ3v) is 3.13. The number of ether oxygens (including phenoxy) is 2. The molecule has 0 fully saturated rings. The Morgan fingerprint density at radius 3 is 1.48 bits per heavy atom. The van der Waals surface area contributed by atoms with Gasteiger partial charge in [0, 0.05) is 0 Å². The largest absolute Gasteiger partial charge is 2.00 e. The van der Waals surface area contributed by atoms with Crippen molar-refractivity contribution in [1.82, 2.24) is 0 Å². The van der Waals surface area contributed by atoms with Crippen molar-refractivity contribution in [2.24, 2.45) is 9.98 Å². The van der Waals surface area contributed by atoms with Crippen molar-refractivity contribution in [2.45, 2.75) is 13.8 Å². The fraction of sp³-hybridized carbons (Fsp3) is 0.200. The summed E-state index contributed by atoms with van der Waals surface area (Å²) in [4.78, 5) is 29.8. The van der Waals surface area contributed by atoms with Gasteiger partial charge in [0.05, 0.1) is 23.5 Å². The van der Waals surface area contributed by atoms with Crippen LogP contribution in [0.3, 0.4) is 0 Å². The molecule has 29 heavy (non-hydrogen) atoms. The Morgan fingerprint density at radius 1 is 0.862 bits per heavy atom. The number of esters is 2. The normalized spacial score (nSPS) is 8.62. The molecule has 0 aliphatic rings. The number of benzene rings is 2. The van der Waals surface area contributed by atoms with E-state index in [1.807, 2.05) is 0 Å². The van der Waals surface area contributed by atoms with Crippen molar-refractivity contribution in [2.75, 3.05) is 13.2 Å². The van der Waals surface area contributed by atoms with Gasteiger partial charge in [-0.15, -0.1) is 12.1 Å². The molecule has 9 heteroatoms. The van der Waals surface area contributed by atoms with Gasteiger partial charge < -0.3 is 9.47 Å². The molecule has 6 nitrogen and oxygen atoms in total. The number of hydrogen-bond donors (Lipinski definition) is 0. The number of carbonyl (C=O) groups excluding carboxylic acids is 2. The molecule has 0 bridgehead atoms. The third kappa shape index (κ3) is 10.1. The summed E-state index contributed by atoms with van der Waals surface area (Å²) in [6.45, 7) is 4.23. The number of nitrogens with zero attached hydrogens (tertiary/aromatic N) is 2. The molecule has 144 valence electrons. The second-order valence-corrected chi connectivity index (χ2v) is 5.14. The Balaban J connectivity index is 0.000000523. The van der Waals surface area contributed by atoms with Crippen molar-refractivity contribution in [3.8, 4) is 0 Å². The third-order valence-electron chi connectivity index (χ3n) is 2.95. The van der Waals surface area contributed by atoms with Gasteiger partial charge in [0.25, 0.3) is 11.9 Å². The first kappa shape index (κ1) is 26.6. The molecule has 0 saturated carbocycles. The smallest absolute Gasteiger partial charge is 0.472 e. The van der Waals surface area contributed by atoms with E-state index in [0.717, 1.165) is 0 Å². The molecule has 2 rings (SSSR count). The van der Waals surface area contributed by atoms with Crippen LogP contribution in [0.1, 0.15) is 34.6 Å². The number of rotatable bonds is 6. The molecule has 0 amide bonds. The average molecular weight is 478 g/mol. The number of thiocarbonyl (C=S) groups is 2. The minimum Gasteiger partial charge on any atom is -0.472 e. The Hall–Kier alpha value is -2.40. The van der Waals surface area contributed by atoms with E-state index in [0.29, 0.717) is 35.7 Å². The zero-order valence-electron chi connectivity index (χ0n) is 15.9. The number of carbonyl (C=O) groups is 2. The zero-order chi connectivity index (χ0) is 20.8. The van der Waals surface area contributed by atoms with E-state index >= 15 is 0 Å². The number of aliphatic imine (C=N–C) groups is 2. The van der Waals surface area contributed by atoms with Crippen LogP contribution in [0, 0.1) is 12.1 Å². The maximum Gasteiger partial charge on any atom is 2.00 e. The minimum atomic E-state index is -0.360. The molecule has 0 saturated heterocycles. The summed E-state index contributed by atoms with van der Waals surface area (Å²) >= 11 is 8.86. The Labute approximate surface area is 192 Å². The van der Waals surface area contributed by atoms with Gasteiger partial charge in [-0.2, -0.15) is 36.4 Å². The maximum absolute atomic E-state index is 11.2. The second-order valence-electron chi connectivity index (χ2n) is 4.77. The van der Waals surface area contributed by atoms with Gasteiger partial charge in [-0.1, -0.05) is 11.1 Å². The zero-order valence-corrected chi connectivity index (χ0v) is 20.5. The summed E-state index contributed by atoms with van der Waals surface area (Å²) in [5.74, 6) is -0.719. The number of isothiocyanates is 2. The molecule has 0 aliphatic carbocycles. The molecule has 2 aromatic rings. The fourth-order valence-corrected chi connectivity index (χ4v) is 1.95. The van der Waals surface area contributed by atoms with Crippen LogP contribution in [0.4, 0.5) is 11.4 Å². The Bertz CT molecular complexity index is 814.